The number of halogens is 5. The van der Waals surface area contributed by atoms with Gasteiger partial charge in [-0.25, -0.2) is 4.39 Å². The summed E-state index contributed by atoms with van der Waals surface area (Å²) in [7, 11) is 0. The fourth-order valence-electron chi connectivity index (χ4n) is 3.20. The van der Waals surface area contributed by atoms with Crippen molar-refractivity contribution in [2.24, 2.45) is 0 Å². The summed E-state index contributed by atoms with van der Waals surface area (Å²) in [6.07, 6.45) is -4.55. The fourth-order valence-corrected chi connectivity index (χ4v) is 3.43. The Hall–Kier alpha value is -3.19. The van der Waals surface area contributed by atoms with E-state index in [1.54, 1.807) is 24.3 Å². The van der Waals surface area contributed by atoms with Gasteiger partial charge in [0, 0.05) is 16.0 Å². The third-order valence-corrected chi connectivity index (χ3v) is 5.01. The number of hydrogen-bond acceptors (Lipinski definition) is 2. The molecule has 0 spiro atoms. The second-order valence-corrected chi connectivity index (χ2v) is 7.07. The fraction of sp³-hybridized carbons (Fsp3) is 0.0909. The first-order chi connectivity index (χ1) is 14.2. The van der Waals surface area contributed by atoms with Crippen LogP contribution in [0, 0.1) is 5.82 Å². The van der Waals surface area contributed by atoms with Crippen molar-refractivity contribution in [2.75, 3.05) is 0 Å². The minimum atomic E-state index is -4.55. The first kappa shape index (κ1) is 20.1. The van der Waals surface area contributed by atoms with Gasteiger partial charge in [0.15, 0.2) is 0 Å². The first-order valence-electron chi connectivity index (χ1n) is 8.85. The maximum Gasteiger partial charge on any atom is 0.416 e. The maximum absolute atomic E-state index is 13.4. The van der Waals surface area contributed by atoms with Gasteiger partial charge in [0.2, 0.25) is 5.43 Å². The molecular weight excluding hydrogens is 420 g/mol. The lowest BCUT2D eigenvalue weighted by Gasteiger charge is -2.14. The zero-order chi connectivity index (χ0) is 21.5. The van der Waals surface area contributed by atoms with Crippen LogP contribution in [0.1, 0.15) is 11.1 Å². The van der Waals surface area contributed by atoms with E-state index in [1.165, 1.54) is 28.9 Å². The summed E-state index contributed by atoms with van der Waals surface area (Å²) in [6, 6.07) is 15.0. The van der Waals surface area contributed by atoms with E-state index in [-0.39, 0.29) is 22.8 Å². The lowest BCUT2D eigenvalue weighted by molar-refractivity contribution is -0.137. The van der Waals surface area contributed by atoms with Gasteiger partial charge in [-0.2, -0.15) is 18.3 Å². The van der Waals surface area contributed by atoms with E-state index in [0.717, 1.165) is 18.2 Å². The van der Waals surface area contributed by atoms with Crippen LogP contribution >= 0.6 is 11.6 Å². The largest absolute Gasteiger partial charge is 0.416 e. The minimum Gasteiger partial charge on any atom is -0.287 e. The van der Waals surface area contributed by atoms with Crippen molar-refractivity contribution >= 4 is 22.5 Å². The van der Waals surface area contributed by atoms with E-state index in [1.807, 2.05) is 0 Å². The standard InChI is InChI=1S/C22H13ClF4N2O/c23-18-11-16(24)9-8-14(18)12-29-19-7-2-1-6-17(19)21(30)20(28-29)13-4-3-5-15(10-13)22(25,26)27/h1-11H,12H2. The smallest absolute Gasteiger partial charge is 0.287 e. The average Bonchev–Trinajstić information content (AvgIpc) is 2.71. The summed E-state index contributed by atoms with van der Waals surface area (Å²) in [4.78, 5) is 13.0. The normalized spacial score (nSPS) is 11.8. The van der Waals surface area contributed by atoms with E-state index in [4.69, 9.17) is 11.6 Å². The highest BCUT2D eigenvalue weighted by atomic mass is 35.5. The van der Waals surface area contributed by atoms with Crippen LogP contribution in [0.25, 0.3) is 22.2 Å². The Balaban J connectivity index is 1.92. The molecule has 8 heteroatoms. The molecule has 0 aliphatic carbocycles. The maximum atomic E-state index is 13.4. The first-order valence-corrected chi connectivity index (χ1v) is 9.23. The second-order valence-electron chi connectivity index (χ2n) is 6.67. The van der Waals surface area contributed by atoms with Gasteiger partial charge in [0.1, 0.15) is 11.5 Å². The van der Waals surface area contributed by atoms with E-state index in [9.17, 15) is 22.4 Å². The Labute approximate surface area is 173 Å². The third kappa shape index (κ3) is 3.80. The van der Waals surface area contributed by atoms with Crippen molar-refractivity contribution in [3.8, 4) is 11.3 Å². The van der Waals surface area contributed by atoms with Gasteiger partial charge in [-0.05, 0) is 42.0 Å². The van der Waals surface area contributed by atoms with Crippen LogP contribution in [-0.4, -0.2) is 9.78 Å². The summed E-state index contributed by atoms with van der Waals surface area (Å²) in [5, 5.41) is 4.82. The van der Waals surface area contributed by atoms with E-state index >= 15 is 0 Å². The molecule has 0 N–H and O–H groups in total. The molecule has 0 unspecified atom stereocenters. The molecule has 0 aliphatic heterocycles. The molecule has 4 aromatic rings. The molecule has 0 radical (unpaired) electrons. The highest BCUT2D eigenvalue weighted by Crippen LogP contribution is 2.31. The van der Waals surface area contributed by atoms with E-state index in [0.29, 0.717) is 16.5 Å². The van der Waals surface area contributed by atoms with Gasteiger partial charge in [-0.15, -0.1) is 0 Å². The number of nitrogens with zero attached hydrogens (tertiary/aromatic N) is 2. The number of aromatic nitrogens is 2. The molecule has 1 aromatic heterocycles. The molecule has 4 rings (SSSR count). The van der Waals surface area contributed by atoms with Crippen molar-refractivity contribution in [3.05, 3.63) is 98.9 Å². The quantitative estimate of drug-likeness (QED) is 0.376. The SMILES string of the molecule is O=c1c(-c2cccc(C(F)(F)F)c2)nn(Cc2ccc(F)cc2Cl)c2ccccc12. The monoisotopic (exact) mass is 432 g/mol. The van der Waals surface area contributed by atoms with Crippen LogP contribution < -0.4 is 5.43 Å². The van der Waals surface area contributed by atoms with Crippen molar-refractivity contribution in [3.63, 3.8) is 0 Å². The molecule has 3 nitrogen and oxygen atoms in total. The van der Waals surface area contributed by atoms with Crippen LogP contribution in [0.4, 0.5) is 17.6 Å². The predicted molar refractivity (Wildman–Crippen MR) is 107 cm³/mol. The number of alkyl halides is 3. The van der Waals surface area contributed by atoms with Gasteiger partial charge >= 0.3 is 6.18 Å². The summed E-state index contributed by atoms with van der Waals surface area (Å²) < 4.78 is 54.2. The van der Waals surface area contributed by atoms with Gasteiger partial charge in [-0.3, -0.25) is 9.48 Å². The summed E-state index contributed by atoms with van der Waals surface area (Å²) in [5.74, 6) is -0.494. The summed E-state index contributed by atoms with van der Waals surface area (Å²) >= 11 is 6.12. The van der Waals surface area contributed by atoms with Crippen molar-refractivity contribution in [1.82, 2.24) is 9.78 Å². The molecule has 0 amide bonds. The van der Waals surface area contributed by atoms with Crippen LogP contribution in [0.2, 0.25) is 5.02 Å². The molecular formula is C22H13ClF4N2O. The Bertz CT molecular complexity index is 1310. The Morgan fingerprint density at radius 3 is 2.47 bits per heavy atom. The van der Waals surface area contributed by atoms with E-state index in [2.05, 4.69) is 5.10 Å². The summed E-state index contributed by atoms with van der Waals surface area (Å²) in [6.45, 7) is 0.103. The lowest BCUT2D eigenvalue weighted by atomic mass is 10.1. The zero-order valence-corrected chi connectivity index (χ0v) is 16.0. The molecule has 0 fully saturated rings. The van der Waals surface area contributed by atoms with Crippen LogP contribution in [0.3, 0.4) is 0 Å². The van der Waals surface area contributed by atoms with Gasteiger partial charge in [0.05, 0.1) is 17.6 Å². The predicted octanol–water partition coefficient (Wildman–Crippen LogP) is 5.92. The van der Waals surface area contributed by atoms with Crippen LogP contribution in [-0.2, 0) is 12.7 Å². The Morgan fingerprint density at radius 1 is 0.967 bits per heavy atom. The molecule has 0 saturated carbocycles. The number of fused-ring (bicyclic) bond motifs is 1. The van der Waals surface area contributed by atoms with Crippen molar-refractivity contribution < 1.29 is 17.6 Å². The highest BCUT2D eigenvalue weighted by Gasteiger charge is 2.30. The third-order valence-electron chi connectivity index (χ3n) is 4.66. The topological polar surface area (TPSA) is 34.9 Å². The molecule has 30 heavy (non-hydrogen) atoms. The molecule has 0 saturated heterocycles. The second kappa shape index (κ2) is 7.57. The number of para-hydroxylation sites is 1. The van der Waals surface area contributed by atoms with Crippen molar-refractivity contribution in [2.45, 2.75) is 12.7 Å². The van der Waals surface area contributed by atoms with Gasteiger partial charge < -0.3 is 0 Å². The number of benzene rings is 3. The van der Waals surface area contributed by atoms with Crippen LogP contribution in [0.15, 0.2) is 71.5 Å². The van der Waals surface area contributed by atoms with Gasteiger partial charge in [-0.1, -0.05) is 41.9 Å². The van der Waals surface area contributed by atoms with Crippen LogP contribution in [0.5, 0.6) is 0 Å². The average molecular weight is 433 g/mol. The zero-order valence-electron chi connectivity index (χ0n) is 15.3. The van der Waals surface area contributed by atoms with E-state index < -0.39 is 23.0 Å². The molecule has 152 valence electrons. The molecule has 0 atom stereocenters. The molecule has 1 heterocycles. The lowest BCUT2D eigenvalue weighted by Crippen LogP contribution is -2.17. The molecule has 0 bridgehead atoms. The minimum absolute atomic E-state index is 0.0551. The molecule has 0 aliphatic rings. The highest BCUT2D eigenvalue weighted by molar-refractivity contribution is 6.31. The Morgan fingerprint density at radius 2 is 1.73 bits per heavy atom. The van der Waals surface area contributed by atoms with Crippen molar-refractivity contribution in [1.29, 1.82) is 0 Å². The Kier molecular flexibility index (Phi) is 5.07. The summed E-state index contributed by atoms with van der Waals surface area (Å²) in [5.41, 5.74) is -0.376. The number of hydrogen-bond donors (Lipinski definition) is 0. The number of rotatable bonds is 3. The molecule has 3 aromatic carbocycles. The van der Waals surface area contributed by atoms with Gasteiger partial charge in [0.25, 0.3) is 0 Å².